The van der Waals surface area contributed by atoms with Gasteiger partial charge in [0.25, 0.3) is 5.91 Å². The number of rotatable bonds is 5. The van der Waals surface area contributed by atoms with Crippen LogP contribution in [0.1, 0.15) is 49.9 Å². The summed E-state index contributed by atoms with van der Waals surface area (Å²) in [5.41, 5.74) is 5.53. The lowest BCUT2D eigenvalue weighted by molar-refractivity contribution is -0.129. The van der Waals surface area contributed by atoms with Crippen LogP contribution < -0.4 is 4.90 Å². The minimum atomic E-state index is -1.13. The molecule has 5 nitrogen and oxygen atoms in total. The maximum absolute atomic E-state index is 14.8. The van der Waals surface area contributed by atoms with Crippen molar-refractivity contribution in [3.05, 3.63) is 124 Å². The molecule has 192 valence electrons. The monoisotopic (exact) mass is 504 g/mol. The molecule has 1 aromatic heterocycles. The molecule has 0 N–H and O–H groups in total. The summed E-state index contributed by atoms with van der Waals surface area (Å²) in [7, 11) is 1.97. The first-order valence-corrected chi connectivity index (χ1v) is 13.2. The number of Topliss-reactive ketones (excluding diaryl/α,β-unsaturated/α-hetero) is 1. The van der Waals surface area contributed by atoms with Crippen LogP contribution in [0.4, 0.5) is 5.69 Å². The van der Waals surface area contributed by atoms with Gasteiger partial charge in [-0.3, -0.25) is 14.5 Å². The highest BCUT2D eigenvalue weighted by molar-refractivity contribution is 6.13. The zero-order valence-corrected chi connectivity index (χ0v) is 22.3. The Labute approximate surface area is 223 Å². The Balaban J connectivity index is 1.55. The molecule has 1 saturated heterocycles. The first-order valence-electron chi connectivity index (χ1n) is 13.2. The average molecular weight is 505 g/mol. The minimum absolute atomic E-state index is 0.0193. The van der Waals surface area contributed by atoms with Crippen molar-refractivity contribution in [2.75, 3.05) is 18.5 Å². The predicted octanol–water partition coefficient (Wildman–Crippen LogP) is 6.18. The molecule has 0 unspecified atom stereocenters. The van der Waals surface area contributed by atoms with E-state index >= 15 is 0 Å². The molecule has 0 saturated carbocycles. The van der Waals surface area contributed by atoms with Crippen molar-refractivity contribution in [1.82, 2.24) is 4.90 Å². The molecule has 1 fully saturated rings. The van der Waals surface area contributed by atoms with E-state index in [0.717, 1.165) is 39.3 Å². The zero-order valence-electron chi connectivity index (χ0n) is 22.3. The Morgan fingerprint density at radius 3 is 2.45 bits per heavy atom. The number of carbonyl (C=O) groups is 2. The standard InChI is InChI=1S/C33H32N2O3/c1-21-15-16-25(23(3)18-21)31(36)30-26(29-14-9-17-38-29)20-34(4)33(30)27-12-7-8-13-28(27)35(32(33)37)19-24-11-6-5-10-22(24)2/h5-18,26,30H,19-20H2,1-4H3/t26-,30-,33+/m0/s1. The van der Waals surface area contributed by atoms with Crippen molar-refractivity contribution in [1.29, 1.82) is 0 Å². The van der Waals surface area contributed by atoms with Gasteiger partial charge in [-0.2, -0.15) is 0 Å². The van der Waals surface area contributed by atoms with Gasteiger partial charge in [0.05, 0.1) is 18.7 Å². The molecule has 3 aromatic carbocycles. The van der Waals surface area contributed by atoms with Gasteiger partial charge < -0.3 is 9.32 Å². The maximum Gasteiger partial charge on any atom is 0.253 e. The number of anilines is 1. The van der Waals surface area contributed by atoms with Gasteiger partial charge in [0.1, 0.15) is 11.3 Å². The number of nitrogens with zero attached hydrogens (tertiary/aromatic N) is 2. The van der Waals surface area contributed by atoms with E-state index in [2.05, 4.69) is 24.0 Å². The Morgan fingerprint density at radius 1 is 0.947 bits per heavy atom. The number of carbonyl (C=O) groups excluding carboxylic acids is 2. The molecular weight excluding hydrogens is 472 g/mol. The molecule has 38 heavy (non-hydrogen) atoms. The van der Waals surface area contributed by atoms with E-state index in [9.17, 15) is 9.59 Å². The predicted molar refractivity (Wildman–Crippen MR) is 148 cm³/mol. The van der Waals surface area contributed by atoms with E-state index in [-0.39, 0.29) is 17.6 Å². The fourth-order valence-corrected chi connectivity index (χ4v) is 6.71. The highest BCUT2D eigenvalue weighted by Gasteiger charge is 2.66. The van der Waals surface area contributed by atoms with Gasteiger partial charge in [0.15, 0.2) is 5.78 Å². The Kier molecular flexibility index (Phi) is 5.84. The van der Waals surface area contributed by atoms with E-state index in [1.165, 1.54) is 0 Å². The second kappa shape index (κ2) is 9.10. The first-order chi connectivity index (χ1) is 18.3. The molecule has 2 aliphatic rings. The number of likely N-dealkylation sites (tertiary alicyclic amines) is 1. The van der Waals surface area contributed by atoms with Crippen LogP contribution in [0, 0.1) is 26.7 Å². The summed E-state index contributed by atoms with van der Waals surface area (Å²) < 4.78 is 5.89. The Morgan fingerprint density at radius 2 is 1.71 bits per heavy atom. The molecule has 6 rings (SSSR count). The van der Waals surface area contributed by atoms with Gasteiger partial charge in [-0.15, -0.1) is 0 Å². The number of amides is 1. The average Bonchev–Trinajstić information content (AvgIpc) is 3.59. The van der Waals surface area contributed by atoms with Crippen LogP contribution in [0.3, 0.4) is 0 Å². The van der Waals surface area contributed by atoms with Crippen molar-refractivity contribution in [3.8, 4) is 0 Å². The van der Waals surface area contributed by atoms with Crippen molar-refractivity contribution in [2.45, 2.75) is 38.8 Å². The van der Waals surface area contributed by atoms with Crippen LogP contribution in [-0.4, -0.2) is 30.2 Å². The number of fused-ring (bicyclic) bond motifs is 2. The second-order valence-electron chi connectivity index (χ2n) is 10.8. The van der Waals surface area contributed by atoms with Gasteiger partial charge in [-0.05, 0) is 62.7 Å². The summed E-state index contributed by atoms with van der Waals surface area (Å²) in [4.78, 5) is 33.4. The molecule has 0 bridgehead atoms. The molecule has 3 heterocycles. The van der Waals surface area contributed by atoms with Crippen LogP contribution in [0.25, 0.3) is 0 Å². The lowest BCUT2D eigenvalue weighted by Gasteiger charge is -2.36. The largest absolute Gasteiger partial charge is 0.469 e. The molecule has 1 amide bonds. The van der Waals surface area contributed by atoms with Crippen LogP contribution >= 0.6 is 0 Å². The van der Waals surface area contributed by atoms with Crippen LogP contribution in [-0.2, 0) is 16.9 Å². The van der Waals surface area contributed by atoms with Gasteiger partial charge in [0.2, 0.25) is 0 Å². The topological polar surface area (TPSA) is 53.8 Å². The summed E-state index contributed by atoms with van der Waals surface area (Å²) in [5.74, 6) is -0.246. The molecule has 0 radical (unpaired) electrons. The lowest BCUT2D eigenvalue weighted by Crippen LogP contribution is -2.53. The summed E-state index contributed by atoms with van der Waals surface area (Å²) in [6.45, 7) is 7.06. The number of furan rings is 1. The third-order valence-electron chi connectivity index (χ3n) is 8.53. The summed E-state index contributed by atoms with van der Waals surface area (Å²) >= 11 is 0. The Bertz CT molecular complexity index is 1540. The van der Waals surface area contributed by atoms with Crippen molar-refractivity contribution in [3.63, 3.8) is 0 Å². The minimum Gasteiger partial charge on any atom is -0.469 e. The van der Waals surface area contributed by atoms with Crippen LogP contribution in [0.2, 0.25) is 0 Å². The van der Waals surface area contributed by atoms with E-state index in [1.54, 1.807) is 6.26 Å². The van der Waals surface area contributed by atoms with E-state index in [1.807, 2.05) is 92.5 Å². The third-order valence-corrected chi connectivity index (χ3v) is 8.53. The third kappa shape index (κ3) is 3.49. The number of aryl methyl sites for hydroxylation is 3. The zero-order chi connectivity index (χ0) is 26.6. The second-order valence-corrected chi connectivity index (χ2v) is 10.8. The van der Waals surface area contributed by atoms with Gasteiger partial charge in [0, 0.05) is 29.3 Å². The summed E-state index contributed by atoms with van der Waals surface area (Å²) in [6, 6.07) is 25.8. The van der Waals surface area contributed by atoms with E-state index in [4.69, 9.17) is 4.42 Å². The Hall–Kier alpha value is -3.96. The van der Waals surface area contributed by atoms with Crippen LogP contribution in [0.5, 0.6) is 0 Å². The number of benzene rings is 3. The molecule has 5 heteroatoms. The summed E-state index contributed by atoms with van der Waals surface area (Å²) in [5, 5.41) is 0. The number of hydrogen-bond acceptors (Lipinski definition) is 4. The first kappa shape index (κ1) is 24.4. The van der Waals surface area contributed by atoms with Gasteiger partial charge in [-0.25, -0.2) is 0 Å². The van der Waals surface area contributed by atoms with Crippen molar-refractivity contribution < 1.29 is 14.0 Å². The maximum atomic E-state index is 14.8. The lowest BCUT2D eigenvalue weighted by atomic mass is 9.71. The quantitative estimate of drug-likeness (QED) is 0.305. The summed E-state index contributed by atoms with van der Waals surface area (Å²) in [6.07, 6.45) is 1.65. The number of likely N-dealkylation sites (N-methyl/N-ethyl adjacent to an activating group) is 1. The van der Waals surface area contributed by atoms with Crippen molar-refractivity contribution >= 4 is 17.4 Å². The molecule has 3 atom stereocenters. The highest BCUT2D eigenvalue weighted by atomic mass is 16.3. The van der Waals surface area contributed by atoms with Gasteiger partial charge >= 0.3 is 0 Å². The SMILES string of the molecule is Cc1ccc(C(=O)[C@@H]2[C@H](c3ccco3)CN(C)[C@@]23C(=O)N(Cc2ccccc2C)c2ccccc23)c(C)c1. The van der Waals surface area contributed by atoms with E-state index < -0.39 is 11.5 Å². The molecule has 4 aromatic rings. The number of hydrogen-bond donors (Lipinski definition) is 0. The van der Waals surface area contributed by atoms with Crippen molar-refractivity contribution in [2.24, 2.45) is 5.92 Å². The molecular formula is C33H32N2O3. The number of para-hydroxylation sites is 1. The molecule has 0 aliphatic carbocycles. The molecule has 1 spiro atoms. The van der Waals surface area contributed by atoms with Gasteiger partial charge in [-0.1, -0.05) is 66.2 Å². The van der Waals surface area contributed by atoms with Crippen LogP contribution in [0.15, 0.2) is 89.5 Å². The van der Waals surface area contributed by atoms with E-state index in [0.29, 0.717) is 18.7 Å². The fourth-order valence-electron chi connectivity index (χ4n) is 6.71. The fraction of sp³-hybridized carbons (Fsp3) is 0.273. The highest BCUT2D eigenvalue weighted by Crippen LogP contribution is 2.57. The molecule has 2 aliphatic heterocycles. The normalized spacial score (nSPS) is 22.8. The number of ketones is 1. The smallest absolute Gasteiger partial charge is 0.253 e.